The van der Waals surface area contributed by atoms with Crippen molar-refractivity contribution in [3.63, 3.8) is 0 Å². The van der Waals surface area contributed by atoms with Crippen LogP contribution in [-0.2, 0) is 12.0 Å². The molecule has 0 aliphatic heterocycles. The van der Waals surface area contributed by atoms with Crippen LogP contribution in [0.15, 0.2) is 12.1 Å². The standard InChI is InChI=1S/C21H31NO.HI/c1-14-5-18(13-22(2,3)4)20(23)19(6-14)21-10-15-7-16(11-21)9-17(8-15)12-21;/h5-6,15-17H,7-13H2,1-4H3;1H. The van der Waals surface area contributed by atoms with Gasteiger partial charge in [-0.3, -0.25) is 0 Å². The summed E-state index contributed by atoms with van der Waals surface area (Å²) in [4.78, 5) is 0. The van der Waals surface area contributed by atoms with E-state index in [0.29, 0.717) is 5.75 Å². The lowest BCUT2D eigenvalue weighted by atomic mass is 9.48. The molecule has 0 heterocycles. The Hall–Kier alpha value is -0.290. The number of benzene rings is 1. The first kappa shape index (κ1) is 18.5. The van der Waals surface area contributed by atoms with E-state index in [-0.39, 0.29) is 29.4 Å². The summed E-state index contributed by atoms with van der Waals surface area (Å²) < 4.78 is 0.858. The number of rotatable bonds is 3. The number of quaternary nitrogens is 1. The molecule has 0 atom stereocenters. The van der Waals surface area contributed by atoms with Crippen molar-refractivity contribution in [2.24, 2.45) is 17.8 Å². The molecule has 4 aliphatic rings. The third kappa shape index (κ3) is 3.23. The molecule has 0 amide bonds. The zero-order valence-electron chi connectivity index (χ0n) is 15.6. The summed E-state index contributed by atoms with van der Waals surface area (Å²) >= 11 is 0. The van der Waals surface area contributed by atoms with Crippen molar-refractivity contribution in [2.75, 3.05) is 21.1 Å². The van der Waals surface area contributed by atoms with Crippen molar-refractivity contribution in [1.82, 2.24) is 0 Å². The highest BCUT2D eigenvalue weighted by molar-refractivity contribution is 5.48. The average Bonchev–Trinajstić information content (AvgIpc) is 2.39. The van der Waals surface area contributed by atoms with Crippen LogP contribution >= 0.6 is 0 Å². The van der Waals surface area contributed by atoms with Gasteiger partial charge in [-0.15, -0.1) is 0 Å². The summed E-state index contributed by atoms with van der Waals surface area (Å²) in [7, 11) is 6.60. The molecule has 0 saturated heterocycles. The first-order valence-electron chi connectivity index (χ1n) is 9.37. The predicted molar refractivity (Wildman–Crippen MR) is 94.4 cm³/mol. The van der Waals surface area contributed by atoms with E-state index < -0.39 is 0 Å². The minimum Gasteiger partial charge on any atom is -1.00 e. The normalized spacial score (nSPS) is 34.2. The topological polar surface area (TPSA) is 20.2 Å². The third-order valence-electron chi connectivity index (χ3n) is 6.59. The molecule has 1 aromatic carbocycles. The SMILES string of the molecule is Cc1cc(C[N+](C)(C)C)c(O)c(C23CC4CC(CC(C4)C2)C3)c1.[I-]. The molecule has 0 aromatic heterocycles. The molecule has 4 saturated carbocycles. The highest BCUT2D eigenvalue weighted by atomic mass is 127. The number of hydrogen-bond donors (Lipinski definition) is 1. The van der Waals surface area contributed by atoms with E-state index in [1.807, 2.05) is 0 Å². The summed E-state index contributed by atoms with van der Waals surface area (Å²) in [6.45, 7) is 3.09. The fourth-order valence-corrected chi connectivity index (χ4v) is 6.33. The van der Waals surface area contributed by atoms with Crippen LogP contribution in [0.2, 0.25) is 0 Å². The zero-order valence-corrected chi connectivity index (χ0v) is 17.8. The number of aryl methyl sites for hydroxylation is 1. The van der Waals surface area contributed by atoms with Gasteiger partial charge in [0, 0.05) is 11.1 Å². The monoisotopic (exact) mass is 441 g/mol. The van der Waals surface area contributed by atoms with Gasteiger partial charge in [0.05, 0.1) is 21.1 Å². The Kier molecular flexibility index (Phi) is 4.74. The van der Waals surface area contributed by atoms with Gasteiger partial charge in [0.15, 0.2) is 0 Å². The Bertz CT molecular complexity index is 596. The van der Waals surface area contributed by atoms with Crippen LogP contribution in [0.1, 0.15) is 55.2 Å². The fraction of sp³-hybridized carbons (Fsp3) is 0.714. The minimum atomic E-state index is 0. The van der Waals surface area contributed by atoms with E-state index in [2.05, 4.69) is 40.2 Å². The molecule has 1 aromatic rings. The Morgan fingerprint density at radius 3 is 1.96 bits per heavy atom. The van der Waals surface area contributed by atoms with Gasteiger partial charge in [-0.2, -0.15) is 0 Å². The molecule has 4 aliphatic carbocycles. The molecule has 134 valence electrons. The molecular weight excluding hydrogens is 409 g/mol. The van der Waals surface area contributed by atoms with E-state index in [0.717, 1.165) is 34.3 Å². The summed E-state index contributed by atoms with van der Waals surface area (Å²) in [5.41, 5.74) is 4.03. The lowest BCUT2D eigenvalue weighted by molar-refractivity contribution is -0.884. The summed E-state index contributed by atoms with van der Waals surface area (Å²) in [5, 5.41) is 11.1. The van der Waals surface area contributed by atoms with E-state index in [9.17, 15) is 5.11 Å². The average molecular weight is 441 g/mol. The van der Waals surface area contributed by atoms with Crippen LogP contribution < -0.4 is 24.0 Å². The van der Waals surface area contributed by atoms with Crippen LogP contribution in [0.3, 0.4) is 0 Å². The van der Waals surface area contributed by atoms with Crippen molar-refractivity contribution in [1.29, 1.82) is 0 Å². The van der Waals surface area contributed by atoms with Gasteiger partial charge in [-0.05, 0) is 74.7 Å². The van der Waals surface area contributed by atoms with E-state index in [1.165, 1.54) is 49.7 Å². The fourth-order valence-electron chi connectivity index (χ4n) is 6.33. The molecular formula is C21H32INO. The number of halogens is 1. The molecule has 0 spiro atoms. The quantitative estimate of drug-likeness (QED) is 0.555. The van der Waals surface area contributed by atoms with Gasteiger partial charge in [0.1, 0.15) is 12.3 Å². The van der Waals surface area contributed by atoms with Gasteiger partial charge >= 0.3 is 0 Å². The third-order valence-corrected chi connectivity index (χ3v) is 6.59. The summed E-state index contributed by atoms with van der Waals surface area (Å²) in [5.74, 6) is 3.37. The maximum Gasteiger partial charge on any atom is 0.128 e. The van der Waals surface area contributed by atoms with E-state index in [1.54, 1.807) is 0 Å². The molecule has 4 fully saturated rings. The number of aromatic hydroxyl groups is 1. The van der Waals surface area contributed by atoms with Gasteiger partial charge in [0.2, 0.25) is 0 Å². The second-order valence-corrected chi connectivity index (χ2v) is 9.97. The molecule has 0 radical (unpaired) electrons. The second kappa shape index (κ2) is 6.15. The van der Waals surface area contributed by atoms with Gasteiger partial charge in [-0.1, -0.05) is 11.6 Å². The van der Waals surface area contributed by atoms with Crippen molar-refractivity contribution < 1.29 is 33.6 Å². The first-order valence-corrected chi connectivity index (χ1v) is 9.37. The maximum atomic E-state index is 11.1. The van der Waals surface area contributed by atoms with E-state index in [4.69, 9.17) is 0 Å². The maximum absolute atomic E-state index is 11.1. The number of phenols is 1. The summed E-state index contributed by atoms with van der Waals surface area (Å²) in [6.07, 6.45) is 8.33. The number of phenolic OH excluding ortho intramolecular Hbond substituents is 1. The Morgan fingerprint density at radius 2 is 1.50 bits per heavy atom. The van der Waals surface area contributed by atoms with Crippen molar-refractivity contribution >= 4 is 0 Å². The largest absolute Gasteiger partial charge is 1.00 e. The van der Waals surface area contributed by atoms with Crippen LogP contribution in [0, 0.1) is 24.7 Å². The highest BCUT2D eigenvalue weighted by Crippen LogP contribution is 2.62. The molecule has 4 bridgehead atoms. The second-order valence-electron chi connectivity index (χ2n) is 9.97. The van der Waals surface area contributed by atoms with Crippen molar-refractivity contribution in [3.8, 4) is 5.75 Å². The minimum absolute atomic E-state index is 0. The molecule has 2 nitrogen and oxygen atoms in total. The Labute approximate surface area is 164 Å². The predicted octanol–water partition coefficient (Wildman–Crippen LogP) is 1.38. The van der Waals surface area contributed by atoms with Gasteiger partial charge < -0.3 is 33.6 Å². The van der Waals surface area contributed by atoms with Crippen LogP contribution in [0.4, 0.5) is 0 Å². The number of hydrogen-bond acceptors (Lipinski definition) is 1. The molecule has 3 heteroatoms. The van der Waals surface area contributed by atoms with Gasteiger partial charge in [-0.25, -0.2) is 0 Å². The highest BCUT2D eigenvalue weighted by Gasteiger charge is 2.52. The van der Waals surface area contributed by atoms with Crippen molar-refractivity contribution in [3.05, 3.63) is 28.8 Å². The molecule has 1 N–H and O–H groups in total. The Balaban J connectivity index is 0.00000169. The van der Waals surface area contributed by atoms with Crippen LogP contribution in [0.25, 0.3) is 0 Å². The summed E-state index contributed by atoms with van der Waals surface area (Å²) in [6, 6.07) is 4.50. The molecule has 5 rings (SSSR count). The lowest BCUT2D eigenvalue weighted by Crippen LogP contribution is -3.00. The lowest BCUT2D eigenvalue weighted by Gasteiger charge is -2.57. The molecule has 0 unspecified atom stereocenters. The van der Waals surface area contributed by atoms with Crippen LogP contribution in [-0.4, -0.2) is 30.7 Å². The number of nitrogens with zero attached hydrogens (tertiary/aromatic N) is 1. The van der Waals surface area contributed by atoms with Gasteiger partial charge in [0.25, 0.3) is 0 Å². The first-order chi connectivity index (χ1) is 10.7. The zero-order chi connectivity index (χ0) is 16.4. The smallest absolute Gasteiger partial charge is 0.128 e. The van der Waals surface area contributed by atoms with Crippen molar-refractivity contribution in [2.45, 2.75) is 57.4 Å². The molecule has 24 heavy (non-hydrogen) atoms. The van der Waals surface area contributed by atoms with E-state index >= 15 is 0 Å². The van der Waals surface area contributed by atoms with Crippen LogP contribution in [0.5, 0.6) is 5.75 Å². The Morgan fingerprint density at radius 1 is 1.00 bits per heavy atom.